The highest BCUT2D eigenvalue weighted by atomic mass is 35.5. The molecule has 174 valence electrons. The molecule has 11 heteroatoms. The summed E-state index contributed by atoms with van der Waals surface area (Å²) in [4.78, 5) is 27.1. The van der Waals surface area contributed by atoms with Crippen LogP contribution in [0.15, 0.2) is 57.8 Å². The number of nitrogens with zero attached hydrogens (tertiary/aromatic N) is 3. The summed E-state index contributed by atoms with van der Waals surface area (Å²) in [7, 11) is 0. The van der Waals surface area contributed by atoms with Crippen molar-refractivity contribution in [2.45, 2.75) is 23.4 Å². The molecule has 1 saturated heterocycles. The molecule has 2 amide bonds. The summed E-state index contributed by atoms with van der Waals surface area (Å²) in [5.41, 5.74) is 3.32. The van der Waals surface area contributed by atoms with Gasteiger partial charge in [-0.3, -0.25) is 14.5 Å². The lowest BCUT2D eigenvalue weighted by atomic mass is 10.1. The van der Waals surface area contributed by atoms with E-state index in [4.69, 9.17) is 23.8 Å². The van der Waals surface area contributed by atoms with E-state index in [-0.39, 0.29) is 24.8 Å². The Morgan fingerprint density at radius 3 is 2.74 bits per heavy atom. The first-order valence-electron chi connectivity index (χ1n) is 10.2. The highest BCUT2D eigenvalue weighted by Gasteiger charge is 2.32. The molecule has 0 spiro atoms. The first-order valence-corrected chi connectivity index (χ1v) is 13.6. The number of nitrogens with one attached hydrogen (secondary N) is 1. The fraction of sp³-hybridized carbons (Fsp3) is 0.174. The standard InChI is InChI=1S/C23H19ClN4O2S4/c1-14-4-2-3-5-16(14)13-32-22-27-26-21(34-22)25-19(29)10-11-28-20(30)18(33-23(28)31)12-15-6-8-17(24)9-7-15/h2-9,12H,10-11,13H2,1H3,(H,25,26,29)/b18-12-. The normalized spacial score (nSPS) is 14.8. The van der Waals surface area contributed by atoms with Gasteiger partial charge in [0.1, 0.15) is 4.32 Å². The van der Waals surface area contributed by atoms with Crippen molar-refractivity contribution in [1.82, 2.24) is 15.1 Å². The van der Waals surface area contributed by atoms with E-state index in [0.29, 0.717) is 19.4 Å². The van der Waals surface area contributed by atoms with Crippen molar-refractivity contribution in [3.63, 3.8) is 0 Å². The predicted molar refractivity (Wildman–Crippen MR) is 145 cm³/mol. The molecule has 1 fully saturated rings. The van der Waals surface area contributed by atoms with Crippen molar-refractivity contribution in [3.8, 4) is 0 Å². The highest BCUT2D eigenvalue weighted by molar-refractivity contribution is 8.26. The van der Waals surface area contributed by atoms with Gasteiger partial charge in [-0.1, -0.05) is 95.1 Å². The maximum Gasteiger partial charge on any atom is 0.266 e. The minimum atomic E-state index is -0.248. The number of carbonyl (C=O) groups is 2. The number of anilines is 1. The van der Waals surface area contributed by atoms with Gasteiger partial charge in [-0.2, -0.15) is 0 Å². The third-order valence-corrected chi connectivity index (χ3v) is 8.52. The third-order valence-electron chi connectivity index (χ3n) is 4.87. The fourth-order valence-corrected chi connectivity index (χ4v) is 6.31. The molecule has 2 heterocycles. The second-order valence-electron chi connectivity index (χ2n) is 7.27. The van der Waals surface area contributed by atoms with Crippen LogP contribution in [0.4, 0.5) is 5.13 Å². The zero-order valence-electron chi connectivity index (χ0n) is 18.0. The molecule has 34 heavy (non-hydrogen) atoms. The summed E-state index contributed by atoms with van der Waals surface area (Å²) < 4.78 is 1.21. The predicted octanol–water partition coefficient (Wildman–Crippen LogP) is 6.02. The summed E-state index contributed by atoms with van der Waals surface area (Å²) in [5, 5.41) is 12.0. The van der Waals surface area contributed by atoms with Crippen LogP contribution in [0.1, 0.15) is 23.1 Å². The SMILES string of the molecule is Cc1ccccc1CSc1nnc(NC(=O)CCN2C(=O)/C(=C/c3ccc(Cl)cc3)SC2=S)s1. The molecule has 0 bridgehead atoms. The van der Waals surface area contributed by atoms with E-state index in [1.165, 1.54) is 39.1 Å². The Balaban J connectivity index is 1.28. The van der Waals surface area contributed by atoms with E-state index in [2.05, 4.69) is 34.6 Å². The number of thioether (sulfide) groups is 2. The summed E-state index contributed by atoms with van der Waals surface area (Å²) in [5.74, 6) is 0.332. The number of benzene rings is 2. The molecule has 1 aromatic heterocycles. The summed E-state index contributed by atoms with van der Waals surface area (Å²) in [6.07, 6.45) is 1.87. The van der Waals surface area contributed by atoms with E-state index in [1.807, 2.05) is 24.3 Å². The average Bonchev–Trinajstić information content (AvgIpc) is 3.37. The maximum atomic E-state index is 12.7. The number of thiocarbonyl (C=S) groups is 1. The monoisotopic (exact) mass is 546 g/mol. The molecule has 1 N–H and O–H groups in total. The van der Waals surface area contributed by atoms with Crippen molar-refractivity contribution in [2.75, 3.05) is 11.9 Å². The van der Waals surface area contributed by atoms with Crippen LogP contribution in [0.3, 0.4) is 0 Å². The van der Waals surface area contributed by atoms with Gasteiger partial charge in [-0.05, 0) is 41.8 Å². The Bertz CT molecular complexity index is 1260. The largest absolute Gasteiger partial charge is 0.300 e. The first kappa shape index (κ1) is 24.9. The highest BCUT2D eigenvalue weighted by Crippen LogP contribution is 2.33. The number of rotatable bonds is 8. The maximum absolute atomic E-state index is 12.7. The molecule has 0 unspecified atom stereocenters. The molecular formula is C23H19ClN4O2S4. The molecular weight excluding hydrogens is 528 g/mol. The van der Waals surface area contributed by atoms with Gasteiger partial charge in [-0.15, -0.1) is 10.2 Å². The minimum Gasteiger partial charge on any atom is -0.300 e. The molecule has 1 aliphatic rings. The van der Waals surface area contributed by atoms with Crippen LogP contribution in [0.25, 0.3) is 6.08 Å². The second-order valence-corrected chi connectivity index (χ2v) is 11.6. The van der Waals surface area contributed by atoms with Crippen molar-refractivity contribution in [3.05, 3.63) is 75.1 Å². The van der Waals surface area contributed by atoms with Crippen molar-refractivity contribution in [1.29, 1.82) is 0 Å². The molecule has 3 aromatic rings. The van der Waals surface area contributed by atoms with E-state index < -0.39 is 0 Å². The van der Waals surface area contributed by atoms with Crippen LogP contribution >= 0.6 is 58.7 Å². The van der Waals surface area contributed by atoms with Gasteiger partial charge in [0.15, 0.2) is 4.34 Å². The first-order chi connectivity index (χ1) is 16.4. The van der Waals surface area contributed by atoms with Gasteiger partial charge in [0.25, 0.3) is 5.91 Å². The Hall–Kier alpha value is -2.24. The molecule has 4 rings (SSSR count). The van der Waals surface area contributed by atoms with Gasteiger partial charge in [0, 0.05) is 23.7 Å². The Morgan fingerprint density at radius 1 is 1.21 bits per heavy atom. The van der Waals surface area contributed by atoms with Crippen molar-refractivity contribution < 1.29 is 9.59 Å². The van der Waals surface area contributed by atoms with Gasteiger partial charge >= 0.3 is 0 Å². The Kier molecular flexibility index (Phi) is 8.38. The lowest BCUT2D eigenvalue weighted by molar-refractivity contribution is -0.122. The topological polar surface area (TPSA) is 75.2 Å². The van der Waals surface area contributed by atoms with Crippen LogP contribution in [-0.4, -0.2) is 37.8 Å². The van der Waals surface area contributed by atoms with Crippen LogP contribution in [0.2, 0.25) is 5.02 Å². The van der Waals surface area contributed by atoms with E-state index in [0.717, 1.165) is 15.7 Å². The molecule has 0 saturated carbocycles. The summed E-state index contributed by atoms with van der Waals surface area (Å²) in [6, 6.07) is 15.4. The van der Waals surface area contributed by atoms with Gasteiger partial charge in [0.05, 0.1) is 4.91 Å². The van der Waals surface area contributed by atoms with Crippen LogP contribution in [-0.2, 0) is 15.3 Å². The average molecular weight is 547 g/mol. The zero-order chi connectivity index (χ0) is 24.1. The zero-order valence-corrected chi connectivity index (χ0v) is 22.0. The smallest absolute Gasteiger partial charge is 0.266 e. The minimum absolute atomic E-state index is 0.103. The third kappa shape index (κ3) is 6.45. The van der Waals surface area contributed by atoms with Crippen molar-refractivity contribution in [2.24, 2.45) is 0 Å². The Morgan fingerprint density at radius 2 is 1.97 bits per heavy atom. The molecule has 6 nitrogen and oxygen atoms in total. The number of amides is 2. The number of aryl methyl sites for hydroxylation is 1. The molecule has 1 aliphatic heterocycles. The van der Waals surface area contributed by atoms with Crippen LogP contribution in [0.5, 0.6) is 0 Å². The number of carbonyl (C=O) groups excluding carboxylic acids is 2. The number of hydrogen-bond acceptors (Lipinski definition) is 8. The van der Waals surface area contributed by atoms with Gasteiger partial charge in [0.2, 0.25) is 11.0 Å². The molecule has 0 aliphatic carbocycles. The van der Waals surface area contributed by atoms with Crippen LogP contribution < -0.4 is 5.32 Å². The lowest BCUT2D eigenvalue weighted by Gasteiger charge is -2.13. The quantitative estimate of drug-likeness (QED) is 0.160. The van der Waals surface area contributed by atoms with Gasteiger partial charge in [-0.25, -0.2) is 0 Å². The molecule has 2 aromatic carbocycles. The number of halogens is 1. The fourth-order valence-electron chi connectivity index (χ4n) is 3.03. The van der Waals surface area contributed by atoms with E-state index in [9.17, 15) is 9.59 Å². The van der Waals surface area contributed by atoms with Crippen molar-refractivity contribution >= 4 is 86.0 Å². The second kappa shape index (κ2) is 11.5. The summed E-state index contributed by atoms with van der Waals surface area (Å²) in [6.45, 7) is 2.27. The molecule has 0 atom stereocenters. The lowest BCUT2D eigenvalue weighted by Crippen LogP contribution is -2.31. The number of aromatic nitrogens is 2. The van der Waals surface area contributed by atoms with Gasteiger partial charge < -0.3 is 5.32 Å². The van der Waals surface area contributed by atoms with E-state index in [1.54, 1.807) is 30.0 Å². The Labute approximate surface area is 220 Å². The molecule has 0 radical (unpaired) electrons. The van der Waals surface area contributed by atoms with E-state index >= 15 is 0 Å². The summed E-state index contributed by atoms with van der Waals surface area (Å²) >= 11 is 15.4. The van der Waals surface area contributed by atoms with Crippen LogP contribution in [0, 0.1) is 6.92 Å². The number of hydrogen-bond donors (Lipinski definition) is 1.